The molecule has 0 aromatic heterocycles. The van der Waals surface area contributed by atoms with Crippen molar-refractivity contribution < 1.29 is 9.53 Å². The van der Waals surface area contributed by atoms with E-state index < -0.39 is 0 Å². The zero-order valence-corrected chi connectivity index (χ0v) is 11.0. The van der Waals surface area contributed by atoms with Gasteiger partial charge < -0.3 is 15.4 Å². The molecular weight excluding hydrogens is 204 g/mol. The zero-order chi connectivity index (χ0) is 12.4. The number of hydrogen-bond acceptors (Lipinski definition) is 3. The first-order valence-corrected chi connectivity index (χ1v) is 6.08. The lowest BCUT2D eigenvalue weighted by Gasteiger charge is -2.14. The van der Waals surface area contributed by atoms with Crippen molar-refractivity contribution in [3.63, 3.8) is 0 Å². The van der Waals surface area contributed by atoms with E-state index in [9.17, 15) is 4.79 Å². The van der Waals surface area contributed by atoms with Gasteiger partial charge in [-0.3, -0.25) is 4.79 Å². The number of carbonyl (C=O) groups is 1. The zero-order valence-electron chi connectivity index (χ0n) is 11.0. The molecule has 0 heterocycles. The Morgan fingerprint density at radius 2 is 1.94 bits per heavy atom. The van der Waals surface area contributed by atoms with Crippen molar-refractivity contribution in [2.75, 3.05) is 26.8 Å². The van der Waals surface area contributed by atoms with E-state index in [1.165, 1.54) is 6.42 Å². The van der Waals surface area contributed by atoms with Gasteiger partial charge in [0.2, 0.25) is 5.91 Å². The molecule has 1 amide bonds. The highest BCUT2D eigenvalue weighted by Crippen LogP contribution is 2.01. The van der Waals surface area contributed by atoms with Crippen LogP contribution >= 0.6 is 0 Å². The summed E-state index contributed by atoms with van der Waals surface area (Å²) in [6.07, 6.45) is 2.32. The van der Waals surface area contributed by atoms with Crippen LogP contribution in [0.4, 0.5) is 0 Å². The average molecular weight is 230 g/mol. The fourth-order valence-corrected chi connectivity index (χ4v) is 1.35. The van der Waals surface area contributed by atoms with Gasteiger partial charge >= 0.3 is 0 Å². The molecule has 1 atom stereocenters. The van der Waals surface area contributed by atoms with E-state index in [4.69, 9.17) is 4.74 Å². The van der Waals surface area contributed by atoms with Crippen LogP contribution in [-0.4, -0.2) is 38.8 Å². The summed E-state index contributed by atoms with van der Waals surface area (Å²) in [7, 11) is 1.62. The molecule has 0 bridgehead atoms. The normalized spacial score (nSPS) is 12.8. The number of carbonyl (C=O) groups excluding carboxylic acids is 1. The average Bonchev–Trinajstić information content (AvgIpc) is 2.24. The van der Waals surface area contributed by atoms with Crippen LogP contribution in [0.3, 0.4) is 0 Å². The Bertz CT molecular complexity index is 184. The van der Waals surface area contributed by atoms with Gasteiger partial charge in [-0.05, 0) is 32.2 Å². The minimum Gasteiger partial charge on any atom is -0.383 e. The number of ether oxygens (including phenoxy) is 1. The molecule has 1 unspecified atom stereocenters. The van der Waals surface area contributed by atoms with Crippen molar-refractivity contribution in [2.24, 2.45) is 5.92 Å². The standard InChI is InChI=1S/C12H26N2O2/c1-10(2)6-5-7-13-11(3)12(15)14-8-9-16-4/h10-11,13H,5-9H2,1-4H3,(H,14,15). The molecule has 0 saturated heterocycles. The maximum absolute atomic E-state index is 11.5. The quantitative estimate of drug-likeness (QED) is 0.584. The molecule has 0 spiro atoms. The lowest BCUT2D eigenvalue weighted by molar-refractivity contribution is -0.122. The first-order valence-electron chi connectivity index (χ1n) is 6.08. The molecule has 0 aliphatic rings. The van der Waals surface area contributed by atoms with Gasteiger partial charge in [-0.2, -0.15) is 0 Å². The fraction of sp³-hybridized carbons (Fsp3) is 0.917. The minimum atomic E-state index is -0.121. The van der Waals surface area contributed by atoms with Crippen LogP contribution in [0.2, 0.25) is 0 Å². The molecule has 0 aromatic rings. The summed E-state index contributed by atoms with van der Waals surface area (Å²) in [5.74, 6) is 0.772. The maximum Gasteiger partial charge on any atom is 0.236 e. The van der Waals surface area contributed by atoms with Gasteiger partial charge in [-0.1, -0.05) is 13.8 Å². The Labute approximate surface area is 99.1 Å². The fourth-order valence-electron chi connectivity index (χ4n) is 1.35. The Morgan fingerprint density at radius 3 is 2.50 bits per heavy atom. The molecule has 0 rings (SSSR count). The van der Waals surface area contributed by atoms with E-state index in [2.05, 4.69) is 24.5 Å². The summed E-state index contributed by atoms with van der Waals surface area (Å²) in [4.78, 5) is 11.5. The van der Waals surface area contributed by atoms with Crippen molar-refractivity contribution in [1.82, 2.24) is 10.6 Å². The second kappa shape index (κ2) is 9.60. The summed E-state index contributed by atoms with van der Waals surface area (Å²) < 4.78 is 4.86. The Morgan fingerprint density at radius 1 is 1.25 bits per heavy atom. The smallest absolute Gasteiger partial charge is 0.236 e. The van der Waals surface area contributed by atoms with E-state index in [1.807, 2.05) is 6.92 Å². The monoisotopic (exact) mass is 230 g/mol. The predicted molar refractivity (Wildman–Crippen MR) is 66.4 cm³/mol. The van der Waals surface area contributed by atoms with Crippen molar-refractivity contribution in [2.45, 2.75) is 39.7 Å². The summed E-state index contributed by atoms with van der Waals surface area (Å²) in [6, 6.07) is -0.121. The van der Waals surface area contributed by atoms with E-state index >= 15 is 0 Å². The molecule has 96 valence electrons. The van der Waals surface area contributed by atoms with Crippen LogP contribution in [-0.2, 0) is 9.53 Å². The van der Waals surface area contributed by atoms with E-state index in [1.54, 1.807) is 7.11 Å². The van der Waals surface area contributed by atoms with Crippen molar-refractivity contribution in [3.05, 3.63) is 0 Å². The lowest BCUT2D eigenvalue weighted by Crippen LogP contribution is -2.43. The van der Waals surface area contributed by atoms with E-state index in [-0.39, 0.29) is 11.9 Å². The van der Waals surface area contributed by atoms with Gasteiger partial charge in [0.05, 0.1) is 12.6 Å². The molecule has 16 heavy (non-hydrogen) atoms. The molecular formula is C12H26N2O2. The largest absolute Gasteiger partial charge is 0.383 e. The third-order valence-electron chi connectivity index (χ3n) is 2.41. The predicted octanol–water partition coefficient (Wildman–Crippen LogP) is 1.16. The van der Waals surface area contributed by atoms with Gasteiger partial charge in [0.15, 0.2) is 0 Å². The van der Waals surface area contributed by atoms with Crippen LogP contribution in [0.25, 0.3) is 0 Å². The second-order valence-electron chi connectivity index (χ2n) is 4.50. The van der Waals surface area contributed by atoms with Crippen molar-refractivity contribution in [3.8, 4) is 0 Å². The first-order chi connectivity index (χ1) is 7.57. The summed E-state index contributed by atoms with van der Waals surface area (Å²) in [5.41, 5.74) is 0. The van der Waals surface area contributed by atoms with Gasteiger partial charge in [0.1, 0.15) is 0 Å². The molecule has 2 N–H and O–H groups in total. The maximum atomic E-state index is 11.5. The summed E-state index contributed by atoms with van der Waals surface area (Å²) in [6.45, 7) is 8.34. The highest BCUT2D eigenvalue weighted by molar-refractivity contribution is 5.81. The molecule has 0 fully saturated rings. The number of rotatable bonds is 9. The molecule has 4 heteroatoms. The molecule has 0 saturated carbocycles. The SMILES string of the molecule is COCCNC(=O)C(C)NCCCC(C)C. The number of amides is 1. The third-order valence-corrected chi connectivity index (χ3v) is 2.41. The van der Waals surface area contributed by atoms with Crippen LogP contribution in [0.15, 0.2) is 0 Å². The summed E-state index contributed by atoms with van der Waals surface area (Å²) >= 11 is 0. The van der Waals surface area contributed by atoms with Gasteiger partial charge in [0, 0.05) is 13.7 Å². The summed E-state index contributed by atoms with van der Waals surface area (Å²) in [5, 5.41) is 6.02. The Balaban J connectivity index is 3.47. The highest BCUT2D eigenvalue weighted by atomic mass is 16.5. The number of hydrogen-bond donors (Lipinski definition) is 2. The minimum absolute atomic E-state index is 0.0431. The first kappa shape index (κ1) is 15.4. The second-order valence-corrected chi connectivity index (χ2v) is 4.50. The molecule has 0 radical (unpaired) electrons. The topological polar surface area (TPSA) is 50.4 Å². The molecule has 4 nitrogen and oxygen atoms in total. The lowest BCUT2D eigenvalue weighted by atomic mass is 10.1. The number of nitrogens with one attached hydrogen (secondary N) is 2. The third kappa shape index (κ3) is 8.68. The molecule has 0 aliphatic carbocycles. The Kier molecular flexibility index (Phi) is 9.24. The highest BCUT2D eigenvalue weighted by Gasteiger charge is 2.10. The van der Waals surface area contributed by atoms with Crippen LogP contribution < -0.4 is 10.6 Å². The van der Waals surface area contributed by atoms with Crippen molar-refractivity contribution >= 4 is 5.91 Å². The van der Waals surface area contributed by atoms with Gasteiger partial charge in [0.25, 0.3) is 0 Å². The van der Waals surface area contributed by atoms with Crippen LogP contribution in [0.5, 0.6) is 0 Å². The van der Waals surface area contributed by atoms with E-state index in [0.717, 1.165) is 18.9 Å². The molecule has 0 aromatic carbocycles. The number of methoxy groups -OCH3 is 1. The Hall–Kier alpha value is -0.610. The van der Waals surface area contributed by atoms with E-state index in [0.29, 0.717) is 13.2 Å². The van der Waals surface area contributed by atoms with Crippen LogP contribution in [0, 0.1) is 5.92 Å². The molecule has 0 aliphatic heterocycles. The van der Waals surface area contributed by atoms with Gasteiger partial charge in [-0.15, -0.1) is 0 Å². The van der Waals surface area contributed by atoms with Crippen molar-refractivity contribution in [1.29, 1.82) is 0 Å². The van der Waals surface area contributed by atoms with Crippen LogP contribution in [0.1, 0.15) is 33.6 Å². The van der Waals surface area contributed by atoms with Gasteiger partial charge in [-0.25, -0.2) is 0 Å².